The molecule has 0 radical (unpaired) electrons. The fraction of sp³-hybridized carbons (Fsp3) is 0.357. The molecule has 0 saturated carbocycles. The van der Waals surface area contributed by atoms with Gasteiger partial charge in [0.05, 0.1) is 0 Å². The summed E-state index contributed by atoms with van der Waals surface area (Å²) in [6.45, 7) is 6.44. The molecule has 1 heterocycles. The first-order valence-corrected chi connectivity index (χ1v) is 5.72. The summed E-state index contributed by atoms with van der Waals surface area (Å²) in [6, 6.07) is 8.54. The Morgan fingerprint density at radius 2 is 2.00 bits per heavy atom. The zero-order chi connectivity index (χ0) is 11.7. The summed E-state index contributed by atoms with van der Waals surface area (Å²) in [4.78, 5) is 4.27. The summed E-state index contributed by atoms with van der Waals surface area (Å²) in [6.07, 6.45) is 1.11. The maximum atomic E-state index is 5.90. The lowest BCUT2D eigenvalue weighted by Gasteiger charge is -2.08. The zero-order valence-electron chi connectivity index (χ0n) is 10.1. The molecule has 0 aliphatic heterocycles. The van der Waals surface area contributed by atoms with Crippen molar-refractivity contribution in [1.29, 1.82) is 0 Å². The molecule has 1 aromatic carbocycles. The molecule has 84 valence electrons. The van der Waals surface area contributed by atoms with E-state index in [9.17, 15) is 0 Å². The normalized spacial score (nSPS) is 11.2. The van der Waals surface area contributed by atoms with Crippen LogP contribution in [0.15, 0.2) is 24.3 Å². The molecule has 0 saturated heterocycles. The van der Waals surface area contributed by atoms with Crippen LogP contribution in [0.5, 0.6) is 0 Å². The molecule has 0 fully saturated rings. The Hall–Kier alpha value is -1.57. The Kier molecular flexibility index (Phi) is 2.82. The molecule has 2 N–H and O–H groups in total. The fourth-order valence-electron chi connectivity index (χ4n) is 2.07. The van der Waals surface area contributed by atoms with Gasteiger partial charge in [-0.25, -0.2) is 4.98 Å². The number of benzene rings is 1. The van der Waals surface area contributed by atoms with E-state index in [-0.39, 0.29) is 0 Å². The highest BCUT2D eigenvalue weighted by molar-refractivity contribution is 5.91. The molecule has 2 aromatic rings. The van der Waals surface area contributed by atoms with Gasteiger partial charge in [-0.05, 0) is 36.3 Å². The SMILES string of the molecule is Cc1cc2cc(CC(C)C)ccc2c(N)n1. The van der Waals surface area contributed by atoms with Gasteiger partial charge < -0.3 is 5.73 Å². The van der Waals surface area contributed by atoms with Crippen molar-refractivity contribution in [3.63, 3.8) is 0 Å². The summed E-state index contributed by atoms with van der Waals surface area (Å²) in [5.74, 6) is 1.31. The highest BCUT2D eigenvalue weighted by Gasteiger charge is 2.03. The summed E-state index contributed by atoms with van der Waals surface area (Å²) < 4.78 is 0. The van der Waals surface area contributed by atoms with Crippen LogP contribution in [0.2, 0.25) is 0 Å². The molecule has 16 heavy (non-hydrogen) atoms. The van der Waals surface area contributed by atoms with Crippen LogP contribution < -0.4 is 5.73 Å². The van der Waals surface area contributed by atoms with Gasteiger partial charge in [0.25, 0.3) is 0 Å². The van der Waals surface area contributed by atoms with E-state index in [4.69, 9.17) is 5.73 Å². The molecule has 0 spiro atoms. The van der Waals surface area contributed by atoms with Crippen molar-refractivity contribution >= 4 is 16.6 Å². The third-order valence-corrected chi connectivity index (χ3v) is 2.70. The van der Waals surface area contributed by atoms with E-state index in [1.165, 1.54) is 10.9 Å². The van der Waals surface area contributed by atoms with Gasteiger partial charge in [0.15, 0.2) is 0 Å². The largest absolute Gasteiger partial charge is 0.383 e. The van der Waals surface area contributed by atoms with E-state index < -0.39 is 0 Å². The Balaban J connectivity index is 2.53. The highest BCUT2D eigenvalue weighted by atomic mass is 14.8. The Morgan fingerprint density at radius 3 is 2.69 bits per heavy atom. The van der Waals surface area contributed by atoms with E-state index in [1.807, 2.05) is 6.92 Å². The van der Waals surface area contributed by atoms with E-state index >= 15 is 0 Å². The minimum atomic E-state index is 0.631. The van der Waals surface area contributed by atoms with Crippen LogP contribution in [-0.4, -0.2) is 4.98 Å². The molecule has 2 nitrogen and oxygen atoms in total. The summed E-state index contributed by atoms with van der Waals surface area (Å²) >= 11 is 0. The van der Waals surface area contributed by atoms with Crippen molar-refractivity contribution in [2.75, 3.05) is 5.73 Å². The van der Waals surface area contributed by atoms with Crippen LogP contribution in [0.4, 0.5) is 5.82 Å². The molecule has 1 aromatic heterocycles. The minimum absolute atomic E-state index is 0.631. The standard InChI is InChI=1S/C14H18N2/c1-9(2)6-11-4-5-13-12(8-11)7-10(3)16-14(13)15/h4-5,7-9H,6H2,1-3H3,(H2,15,16). The third-order valence-electron chi connectivity index (χ3n) is 2.70. The summed E-state index contributed by atoms with van der Waals surface area (Å²) in [7, 11) is 0. The van der Waals surface area contributed by atoms with Crippen molar-refractivity contribution < 1.29 is 0 Å². The predicted octanol–water partition coefficient (Wildman–Crippen LogP) is 3.32. The van der Waals surface area contributed by atoms with Gasteiger partial charge in [-0.1, -0.05) is 32.0 Å². The molecule has 0 aliphatic rings. The third kappa shape index (κ3) is 2.16. The number of nitrogens with two attached hydrogens (primary N) is 1. The molecular formula is C14H18N2. The number of anilines is 1. The lowest BCUT2D eigenvalue weighted by Crippen LogP contribution is -1.97. The van der Waals surface area contributed by atoms with Crippen molar-refractivity contribution in [1.82, 2.24) is 4.98 Å². The monoisotopic (exact) mass is 214 g/mol. The predicted molar refractivity (Wildman–Crippen MR) is 69.4 cm³/mol. The van der Waals surface area contributed by atoms with Gasteiger partial charge >= 0.3 is 0 Å². The topological polar surface area (TPSA) is 38.9 Å². The number of fused-ring (bicyclic) bond motifs is 1. The number of rotatable bonds is 2. The fourth-order valence-corrected chi connectivity index (χ4v) is 2.07. The second-order valence-electron chi connectivity index (χ2n) is 4.80. The quantitative estimate of drug-likeness (QED) is 0.832. The Bertz CT molecular complexity index is 515. The van der Waals surface area contributed by atoms with Gasteiger partial charge in [-0.3, -0.25) is 0 Å². The van der Waals surface area contributed by atoms with E-state index in [2.05, 4.69) is 43.1 Å². The van der Waals surface area contributed by atoms with E-state index in [0.29, 0.717) is 11.7 Å². The smallest absolute Gasteiger partial charge is 0.131 e. The van der Waals surface area contributed by atoms with Crippen molar-refractivity contribution in [2.45, 2.75) is 27.2 Å². The number of nitrogens with zero attached hydrogens (tertiary/aromatic N) is 1. The Morgan fingerprint density at radius 1 is 1.25 bits per heavy atom. The van der Waals surface area contributed by atoms with Gasteiger partial charge in [-0.2, -0.15) is 0 Å². The summed E-state index contributed by atoms with van der Waals surface area (Å²) in [5.41, 5.74) is 8.24. The minimum Gasteiger partial charge on any atom is -0.383 e. The first kappa shape index (κ1) is 10.9. The maximum absolute atomic E-state index is 5.90. The van der Waals surface area contributed by atoms with Gasteiger partial charge in [0.1, 0.15) is 5.82 Å². The number of hydrogen-bond acceptors (Lipinski definition) is 2. The molecule has 0 aliphatic carbocycles. The average Bonchev–Trinajstić information content (AvgIpc) is 2.15. The second kappa shape index (κ2) is 4.12. The lowest BCUT2D eigenvalue weighted by atomic mass is 10.00. The molecule has 0 amide bonds. The number of aromatic nitrogens is 1. The van der Waals surface area contributed by atoms with Crippen molar-refractivity contribution in [3.8, 4) is 0 Å². The maximum Gasteiger partial charge on any atom is 0.131 e. The summed E-state index contributed by atoms with van der Waals surface area (Å²) in [5, 5.41) is 2.25. The molecule has 0 atom stereocenters. The van der Waals surface area contributed by atoms with E-state index in [1.54, 1.807) is 0 Å². The van der Waals surface area contributed by atoms with Crippen LogP contribution in [0.3, 0.4) is 0 Å². The molecule has 0 bridgehead atoms. The number of aryl methyl sites for hydroxylation is 1. The lowest BCUT2D eigenvalue weighted by molar-refractivity contribution is 0.648. The van der Waals surface area contributed by atoms with Crippen LogP contribution >= 0.6 is 0 Å². The number of pyridine rings is 1. The molecular weight excluding hydrogens is 196 g/mol. The Labute approximate surface area is 96.5 Å². The second-order valence-corrected chi connectivity index (χ2v) is 4.80. The van der Waals surface area contributed by atoms with E-state index in [0.717, 1.165) is 17.5 Å². The zero-order valence-corrected chi connectivity index (χ0v) is 10.1. The van der Waals surface area contributed by atoms with Crippen LogP contribution in [0.1, 0.15) is 25.1 Å². The number of nitrogen functional groups attached to an aromatic ring is 1. The van der Waals surface area contributed by atoms with Crippen LogP contribution in [0, 0.1) is 12.8 Å². The van der Waals surface area contributed by atoms with Crippen LogP contribution in [0.25, 0.3) is 10.8 Å². The van der Waals surface area contributed by atoms with Gasteiger partial charge in [0, 0.05) is 11.1 Å². The first-order chi connectivity index (χ1) is 7.56. The molecule has 0 unspecified atom stereocenters. The van der Waals surface area contributed by atoms with Crippen molar-refractivity contribution in [2.24, 2.45) is 5.92 Å². The first-order valence-electron chi connectivity index (χ1n) is 5.72. The van der Waals surface area contributed by atoms with Crippen molar-refractivity contribution in [3.05, 3.63) is 35.5 Å². The number of hydrogen-bond donors (Lipinski definition) is 1. The molecule has 2 rings (SSSR count). The van der Waals surface area contributed by atoms with Crippen LogP contribution in [-0.2, 0) is 6.42 Å². The highest BCUT2D eigenvalue weighted by Crippen LogP contribution is 2.22. The van der Waals surface area contributed by atoms with Gasteiger partial charge in [-0.15, -0.1) is 0 Å². The van der Waals surface area contributed by atoms with Gasteiger partial charge in [0.2, 0.25) is 0 Å². The molecule has 2 heteroatoms. The average molecular weight is 214 g/mol.